The van der Waals surface area contributed by atoms with Gasteiger partial charge in [0.25, 0.3) is 0 Å². The number of aliphatic carboxylic acids is 1. The van der Waals surface area contributed by atoms with Crippen molar-refractivity contribution in [3.63, 3.8) is 0 Å². The van der Waals surface area contributed by atoms with Crippen LogP contribution < -0.4 is 16.5 Å². The number of ether oxygens (including phenoxy) is 1. The van der Waals surface area contributed by atoms with Crippen molar-refractivity contribution in [2.24, 2.45) is 5.84 Å². The highest BCUT2D eigenvalue weighted by Crippen LogP contribution is 2.54. The smallest absolute Gasteiger partial charge is 0.364 e. The lowest BCUT2D eigenvalue weighted by Gasteiger charge is -2.35. The van der Waals surface area contributed by atoms with Crippen LogP contribution in [-0.2, 0) is 27.9 Å². The second-order valence-electron chi connectivity index (χ2n) is 7.68. The van der Waals surface area contributed by atoms with Crippen molar-refractivity contribution in [1.82, 2.24) is 20.5 Å². The molecule has 5 atom stereocenters. The molecule has 0 aromatic carbocycles. The molecule has 2 rings (SSSR count). The maximum atomic E-state index is 13.2. The van der Waals surface area contributed by atoms with Crippen molar-refractivity contribution in [2.45, 2.75) is 44.2 Å². The van der Waals surface area contributed by atoms with E-state index in [1.165, 1.54) is 13.8 Å². The zero-order chi connectivity index (χ0) is 27.4. The number of rotatable bonds is 12. The Kier molecular flexibility index (Phi) is 9.93. The summed E-state index contributed by atoms with van der Waals surface area (Å²) < 4.78 is 28.8. The molecule has 2 aliphatic rings. The van der Waals surface area contributed by atoms with E-state index in [-0.39, 0.29) is 31.3 Å². The first kappa shape index (κ1) is 29.6. The number of nitrogens with zero attached hydrogens (tertiary/aromatic N) is 2. The number of hydrazine groups is 1. The molecular formula is C18H32N7O10P. The molecule has 18 heteroatoms. The monoisotopic (exact) mass is 537 g/mol. The summed E-state index contributed by atoms with van der Waals surface area (Å²) in [6.45, 7) is 1.69. The molecule has 1 fully saturated rings. The van der Waals surface area contributed by atoms with E-state index < -0.39 is 67.9 Å². The highest BCUT2D eigenvalue weighted by Gasteiger charge is 2.48. The molecule has 36 heavy (non-hydrogen) atoms. The summed E-state index contributed by atoms with van der Waals surface area (Å²) in [5.41, 5.74) is -0.945. The molecule has 0 aromatic rings. The fraction of sp³-hybridized carbons (Fsp3) is 0.667. The lowest BCUT2D eigenvalue weighted by Crippen LogP contribution is -2.57. The Bertz CT molecular complexity index is 953. The van der Waals surface area contributed by atoms with Crippen LogP contribution >= 0.6 is 7.60 Å². The SMILES string of the molecule is CCOP(=O)(OCC)C(C(=O)O)N(C)C(=N)C(=N)C1=C(N(N)C2OC(CO)C(O)C2O)NC(=O)CN1. The van der Waals surface area contributed by atoms with E-state index in [9.17, 15) is 34.6 Å². The third-order valence-electron chi connectivity index (χ3n) is 5.31. The van der Waals surface area contributed by atoms with Crippen molar-refractivity contribution in [2.75, 3.05) is 33.4 Å². The van der Waals surface area contributed by atoms with Crippen LogP contribution in [-0.4, -0.2) is 117 Å². The molecule has 1 amide bonds. The van der Waals surface area contributed by atoms with Gasteiger partial charge in [0, 0.05) is 7.05 Å². The minimum atomic E-state index is -4.32. The van der Waals surface area contributed by atoms with E-state index in [1.54, 1.807) is 0 Å². The molecule has 2 heterocycles. The number of aliphatic hydroxyl groups is 3. The fourth-order valence-corrected chi connectivity index (χ4v) is 5.48. The van der Waals surface area contributed by atoms with E-state index >= 15 is 0 Å². The topological polar surface area (TPSA) is 264 Å². The van der Waals surface area contributed by atoms with Crippen molar-refractivity contribution < 1.29 is 48.4 Å². The molecule has 1 saturated heterocycles. The second kappa shape index (κ2) is 12.1. The second-order valence-corrected chi connectivity index (χ2v) is 9.77. The molecule has 0 spiro atoms. The predicted octanol–water partition coefficient (Wildman–Crippen LogP) is -2.90. The van der Waals surface area contributed by atoms with Crippen LogP contribution in [0.5, 0.6) is 0 Å². The first-order valence-corrected chi connectivity index (χ1v) is 12.4. The highest BCUT2D eigenvalue weighted by atomic mass is 31.2. The summed E-state index contributed by atoms with van der Waals surface area (Å²) >= 11 is 0. The van der Waals surface area contributed by atoms with Gasteiger partial charge in [-0.05, 0) is 13.8 Å². The third-order valence-corrected chi connectivity index (χ3v) is 7.72. The molecule has 204 valence electrons. The Hall–Kier alpha value is -2.63. The van der Waals surface area contributed by atoms with Gasteiger partial charge in [0.2, 0.25) is 11.7 Å². The molecular weight excluding hydrogens is 505 g/mol. The largest absolute Gasteiger partial charge is 0.479 e. The van der Waals surface area contributed by atoms with Crippen molar-refractivity contribution >= 4 is 31.0 Å². The van der Waals surface area contributed by atoms with E-state index in [1.807, 2.05) is 0 Å². The van der Waals surface area contributed by atoms with Crippen molar-refractivity contribution in [1.29, 1.82) is 10.8 Å². The maximum absolute atomic E-state index is 13.2. The number of nitrogens with two attached hydrogens (primary N) is 1. The molecule has 0 saturated carbocycles. The number of amidine groups is 1. The van der Waals surface area contributed by atoms with Crippen molar-refractivity contribution in [3.05, 3.63) is 11.5 Å². The number of nitrogens with one attached hydrogen (secondary N) is 4. The van der Waals surface area contributed by atoms with Crippen LogP contribution in [0.4, 0.5) is 0 Å². The number of hydrogen-bond donors (Lipinski definition) is 9. The average molecular weight is 537 g/mol. The summed E-state index contributed by atoms with van der Waals surface area (Å²) in [6.07, 6.45) is -5.77. The number of amides is 1. The molecule has 10 N–H and O–H groups in total. The van der Waals surface area contributed by atoms with Crippen LogP contribution in [0.25, 0.3) is 0 Å². The van der Waals surface area contributed by atoms with E-state index in [2.05, 4.69) is 10.6 Å². The van der Waals surface area contributed by atoms with Gasteiger partial charge in [-0.1, -0.05) is 0 Å². The molecule has 0 aromatic heterocycles. The highest BCUT2D eigenvalue weighted by molar-refractivity contribution is 7.55. The predicted molar refractivity (Wildman–Crippen MR) is 122 cm³/mol. The standard InChI is InChI=1S/C18H32N7O10P/c1-4-33-36(32,34-5-2)17(18(30)31)24(3)14(20)10(19)11-15(23-9(27)6-22-11)25(21)16-13(29)12(28)8(7-26)35-16/h8,12-13,16-17,19-20,22,26,28-29H,4-7,21H2,1-3H3,(H,23,27)(H,30,31). The van der Waals surface area contributed by atoms with Gasteiger partial charge >= 0.3 is 13.6 Å². The van der Waals surface area contributed by atoms with Gasteiger partial charge in [-0.15, -0.1) is 0 Å². The van der Waals surface area contributed by atoms with Gasteiger partial charge in [0.15, 0.2) is 12.0 Å². The van der Waals surface area contributed by atoms with Gasteiger partial charge in [-0.2, -0.15) is 0 Å². The quantitative estimate of drug-likeness (QED) is 0.0397. The lowest BCUT2D eigenvalue weighted by molar-refractivity contribution is -0.139. The van der Waals surface area contributed by atoms with E-state index in [4.69, 9.17) is 30.4 Å². The summed E-state index contributed by atoms with van der Waals surface area (Å²) in [5.74, 6) is 0.710. The number of carboxylic acid groups (broad SMARTS) is 1. The summed E-state index contributed by atoms with van der Waals surface area (Å²) in [5, 5.41) is 62.0. The van der Waals surface area contributed by atoms with Crippen LogP contribution in [0.3, 0.4) is 0 Å². The van der Waals surface area contributed by atoms with Gasteiger partial charge in [-0.25, -0.2) is 10.6 Å². The zero-order valence-electron chi connectivity index (χ0n) is 19.9. The Morgan fingerprint density at radius 1 is 1.28 bits per heavy atom. The zero-order valence-corrected chi connectivity index (χ0v) is 20.8. The van der Waals surface area contributed by atoms with Crippen LogP contribution in [0.1, 0.15) is 13.8 Å². The molecule has 0 aliphatic carbocycles. The molecule has 17 nitrogen and oxygen atoms in total. The maximum Gasteiger partial charge on any atom is 0.364 e. The number of carbonyl (C=O) groups is 2. The van der Waals surface area contributed by atoms with Gasteiger partial charge in [0.1, 0.15) is 35.6 Å². The van der Waals surface area contributed by atoms with Crippen LogP contribution in [0, 0.1) is 10.8 Å². The molecule has 2 aliphatic heterocycles. The number of aliphatic hydroxyl groups excluding tert-OH is 3. The summed E-state index contributed by atoms with van der Waals surface area (Å²) in [6, 6.07) is 0. The lowest BCUT2D eigenvalue weighted by atomic mass is 10.1. The van der Waals surface area contributed by atoms with Gasteiger partial charge in [0.05, 0.1) is 26.4 Å². The first-order chi connectivity index (χ1) is 16.8. The Morgan fingerprint density at radius 3 is 2.33 bits per heavy atom. The third kappa shape index (κ3) is 5.84. The molecule has 5 unspecified atom stereocenters. The summed E-state index contributed by atoms with van der Waals surface area (Å²) in [7, 11) is -3.21. The van der Waals surface area contributed by atoms with Crippen LogP contribution in [0.15, 0.2) is 11.5 Å². The first-order valence-electron chi connectivity index (χ1n) is 10.8. The Labute approximate surface area is 206 Å². The summed E-state index contributed by atoms with van der Waals surface area (Å²) in [4.78, 5) is 24.8. The average Bonchev–Trinajstić information content (AvgIpc) is 3.11. The minimum Gasteiger partial charge on any atom is -0.479 e. The number of carboxylic acids is 1. The number of likely N-dealkylation sites (N-methyl/N-ethyl adjacent to an activating group) is 1. The van der Waals surface area contributed by atoms with Gasteiger partial charge < -0.3 is 49.7 Å². The van der Waals surface area contributed by atoms with Crippen molar-refractivity contribution in [3.8, 4) is 0 Å². The normalized spacial score (nSPS) is 25.1. The number of carbonyl (C=O) groups excluding carboxylic acids is 1. The van der Waals surface area contributed by atoms with Gasteiger partial charge in [-0.3, -0.25) is 25.2 Å². The Morgan fingerprint density at radius 2 is 1.86 bits per heavy atom. The molecule has 0 bridgehead atoms. The minimum absolute atomic E-state index is 0.144. The Balaban J connectivity index is 2.43. The fourth-order valence-electron chi connectivity index (χ4n) is 3.60. The van der Waals surface area contributed by atoms with E-state index in [0.29, 0.717) is 9.91 Å². The van der Waals surface area contributed by atoms with E-state index in [0.717, 1.165) is 7.05 Å². The van der Waals surface area contributed by atoms with Crippen LogP contribution in [0.2, 0.25) is 0 Å². The number of hydrogen-bond acceptors (Lipinski definition) is 14. The molecule has 0 radical (unpaired) electrons.